The van der Waals surface area contributed by atoms with Crippen LogP contribution >= 0.6 is 15.6 Å². The van der Waals surface area contributed by atoms with Crippen LogP contribution in [0.25, 0.3) is 0 Å². The second-order valence-corrected chi connectivity index (χ2v) is 8.16. The van der Waals surface area contributed by atoms with Crippen LogP contribution in [0.5, 0.6) is 0 Å². The molecule has 0 aromatic heterocycles. The fraction of sp³-hybridized carbons (Fsp3) is 0.500. The van der Waals surface area contributed by atoms with Crippen LogP contribution in [0.3, 0.4) is 0 Å². The lowest BCUT2D eigenvalue weighted by Crippen LogP contribution is -1.95. The van der Waals surface area contributed by atoms with Crippen LogP contribution in [0, 0.1) is 0 Å². The topological polar surface area (TPSA) is 134 Å². The zero-order chi connectivity index (χ0) is 20.1. The summed E-state index contributed by atoms with van der Waals surface area (Å²) in [6.07, 6.45) is 7.15. The van der Waals surface area contributed by atoms with Gasteiger partial charge < -0.3 is 24.3 Å². The molecule has 0 atom stereocenters. The maximum Gasteiger partial charge on any atom is 0.478 e. The van der Waals surface area contributed by atoms with Crippen molar-refractivity contribution in [3.8, 4) is 0 Å². The molecule has 0 aliphatic carbocycles. The van der Waals surface area contributed by atoms with Gasteiger partial charge in [-0.05, 0) is 38.7 Å². The maximum atomic E-state index is 9.63. The van der Waals surface area contributed by atoms with E-state index in [1.807, 2.05) is 6.07 Å². The minimum Gasteiger partial charge on any atom is -0.377 e. The smallest absolute Gasteiger partial charge is 0.377 e. The molecule has 10 heteroatoms. The van der Waals surface area contributed by atoms with E-state index < -0.39 is 15.6 Å². The number of phosphoric acid groups is 2. The first kappa shape index (κ1) is 25.2. The number of unbranched alkanes of at least 4 members (excludes halogenated alkanes) is 2. The Kier molecular flexibility index (Phi) is 12.9. The normalized spacial score (nSPS) is 12.5. The number of benzene rings is 1. The summed E-state index contributed by atoms with van der Waals surface area (Å²) in [5.41, 5.74) is 2.76. The van der Waals surface area contributed by atoms with Gasteiger partial charge in [-0.1, -0.05) is 48.4 Å². The first-order valence-corrected chi connectivity index (χ1v) is 11.2. The summed E-state index contributed by atoms with van der Waals surface area (Å²) in [4.78, 5) is 31.0. The van der Waals surface area contributed by atoms with Gasteiger partial charge in [0.15, 0.2) is 0 Å². The van der Waals surface area contributed by atoms with Gasteiger partial charge in [-0.15, -0.1) is 0 Å². The van der Waals surface area contributed by atoms with E-state index in [0.29, 0.717) is 0 Å². The van der Waals surface area contributed by atoms with Crippen molar-refractivity contribution in [2.75, 3.05) is 6.61 Å². The van der Waals surface area contributed by atoms with Gasteiger partial charge in [-0.2, -0.15) is 4.31 Å². The standard InChI is InChI=1S/C16H24O.H4O7P2/c1-3-15(2)10-6-5-9-13-17-14-16-11-7-4-8-12-16;1-8(2,3)7-9(4,5)6/h3-4,7-8,11-12H,5-6,9-10,13-14H2,1-2H3;(H2,1,2,3)(H2,4,5,6)/b15-3+;. The van der Waals surface area contributed by atoms with Gasteiger partial charge >= 0.3 is 15.6 Å². The minimum absolute atomic E-state index is 0.745. The summed E-state index contributed by atoms with van der Waals surface area (Å²) < 4.78 is 27.9. The molecule has 0 heterocycles. The molecule has 0 aliphatic rings. The highest BCUT2D eigenvalue weighted by atomic mass is 31.3. The minimum atomic E-state index is -5.05. The van der Waals surface area contributed by atoms with Crippen LogP contribution in [0.4, 0.5) is 0 Å². The van der Waals surface area contributed by atoms with E-state index in [0.717, 1.165) is 13.2 Å². The monoisotopic (exact) mass is 410 g/mol. The highest BCUT2D eigenvalue weighted by Crippen LogP contribution is 2.53. The second kappa shape index (κ2) is 13.4. The summed E-state index contributed by atoms with van der Waals surface area (Å²) in [6, 6.07) is 10.4. The number of hydrogen-bond donors (Lipinski definition) is 4. The van der Waals surface area contributed by atoms with Crippen molar-refractivity contribution in [1.82, 2.24) is 0 Å². The maximum absolute atomic E-state index is 9.63. The van der Waals surface area contributed by atoms with Crippen LogP contribution in [0.15, 0.2) is 42.0 Å². The van der Waals surface area contributed by atoms with E-state index in [-0.39, 0.29) is 0 Å². The van der Waals surface area contributed by atoms with Crippen molar-refractivity contribution in [2.45, 2.75) is 46.1 Å². The molecule has 1 aromatic carbocycles. The second-order valence-electron chi connectivity index (χ2n) is 5.55. The Morgan fingerprint density at radius 1 is 1.00 bits per heavy atom. The van der Waals surface area contributed by atoms with Gasteiger partial charge in [0, 0.05) is 6.61 Å². The first-order valence-electron chi connectivity index (χ1n) is 8.09. The largest absolute Gasteiger partial charge is 0.478 e. The molecule has 150 valence electrons. The van der Waals surface area contributed by atoms with Crippen molar-refractivity contribution in [3.63, 3.8) is 0 Å². The zero-order valence-corrected chi connectivity index (χ0v) is 16.8. The molecule has 26 heavy (non-hydrogen) atoms. The fourth-order valence-corrected chi connectivity index (χ4v) is 2.94. The van der Waals surface area contributed by atoms with E-state index in [4.69, 9.17) is 24.3 Å². The lowest BCUT2D eigenvalue weighted by Gasteiger charge is -2.04. The number of allylic oxidation sites excluding steroid dienone is 2. The van der Waals surface area contributed by atoms with E-state index >= 15 is 0 Å². The summed E-state index contributed by atoms with van der Waals surface area (Å²) in [6.45, 7) is 5.93. The third-order valence-electron chi connectivity index (χ3n) is 3.18. The molecule has 0 radical (unpaired) electrons. The fourth-order valence-electron chi connectivity index (χ4n) is 1.83. The van der Waals surface area contributed by atoms with Gasteiger partial charge in [0.2, 0.25) is 0 Å². The highest BCUT2D eigenvalue weighted by Gasteiger charge is 2.27. The lowest BCUT2D eigenvalue weighted by molar-refractivity contribution is 0.117. The molecule has 1 rings (SSSR count). The Labute approximate surface area is 154 Å². The number of ether oxygens (including phenoxy) is 1. The van der Waals surface area contributed by atoms with E-state index in [9.17, 15) is 9.13 Å². The van der Waals surface area contributed by atoms with Crippen molar-refractivity contribution < 1.29 is 37.8 Å². The summed E-state index contributed by atoms with van der Waals surface area (Å²) >= 11 is 0. The van der Waals surface area contributed by atoms with Crippen LogP contribution < -0.4 is 0 Å². The van der Waals surface area contributed by atoms with Crippen molar-refractivity contribution in [2.24, 2.45) is 0 Å². The average molecular weight is 410 g/mol. The molecular formula is C16H28O8P2. The average Bonchev–Trinajstić information content (AvgIpc) is 2.52. The number of hydrogen-bond acceptors (Lipinski definition) is 4. The molecule has 0 aliphatic heterocycles. The predicted molar refractivity (Wildman–Crippen MR) is 99.2 cm³/mol. The first-order chi connectivity index (χ1) is 12.0. The summed E-state index contributed by atoms with van der Waals surface area (Å²) in [5.74, 6) is 0. The Balaban J connectivity index is 0.000000590. The number of rotatable bonds is 10. The molecule has 0 saturated heterocycles. The van der Waals surface area contributed by atoms with Crippen molar-refractivity contribution in [1.29, 1.82) is 0 Å². The van der Waals surface area contributed by atoms with Crippen LogP contribution in [-0.4, -0.2) is 26.2 Å². The van der Waals surface area contributed by atoms with Gasteiger partial charge in [0.25, 0.3) is 0 Å². The van der Waals surface area contributed by atoms with Crippen molar-refractivity contribution in [3.05, 3.63) is 47.5 Å². The summed E-state index contributed by atoms with van der Waals surface area (Å²) in [5, 5.41) is 0. The predicted octanol–water partition coefficient (Wildman–Crippen LogP) is 3.92. The quantitative estimate of drug-likeness (QED) is 0.259. The van der Waals surface area contributed by atoms with E-state index in [2.05, 4.69) is 48.5 Å². The van der Waals surface area contributed by atoms with Crippen molar-refractivity contribution >= 4 is 15.6 Å². The third-order valence-corrected chi connectivity index (χ3v) is 4.88. The molecular weight excluding hydrogens is 382 g/mol. The molecule has 0 saturated carbocycles. The zero-order valence-electron chi connectivity index (χ0n) is 15.0. The Hall–Kier alpha value is -0.820. The Morgan fingerprint density at radius 3 is 2.04 bits per heavy atom. The van der Waals surface area contributed by atoms with Gasteiger partial charge in [0.05, 0.1) is 6.61 Å². The van der Waals surface area contributed by atoms with E-state index in [1.54, 1.807) is 0 Å². The van der Waals surface area contributed by atoms with Gasteiger partial charge in [-0.25, -0.2) is 9.13 Å². The Morgan fingerprint density at radius 2 is 1.58 bits per heavy atom. The SMILES string of the molecule is C/C=C(\C)CCCCCOCc1ccccc1.O=P(O)(O)OP(=O)(O)O. The van der Waals surface area contributed by atoms with Gasteiger partial charge in [0.1, 0.15) is 0 Å². The van der Waals surface area contributed by atoms with Crippen LogP contribution in [0.1, 0.15) is 45.1 Å². The van der Waals surface area contributed by atoms with Gasteiger partial charge in [-0.3, -0.25) is 0 Å². The molecule has 0 spiro atoms. The molecule has 0 bridgehead atoms. The molecule has 0 amide bonds. The van der Waals surface area contributed by atoms with Crippen LogP contribution in [0.2, 0.25) is 0 Å². The van der Waals surface area contributed by atoms with E-state index in [1.165, 1.54) is 36.8 Å². The molecule has 0 fully saturated rings. The molecule has 1 aromatic rings. The molecule has 0 unspecified atom stereocenters. The highest BCUT2D eigenvalue weighted by molar-refractivity contribution is 7.60. The molecule has 4 N–H and O–H groups in total. The van der Waals surface area contributed by atoms with Crippen LogP contribution in [-0.2, 0) is 24.8 Å². The third kappa shape index (κ3) is 18.0. The lowest BCUT2D eigenvalue weighted by atomic mass is 10.1. The summed E-state index contributed by atoms with van der Waals surface area (Å²) in [7, 11) is -10.1. The Bertz CT molecular complexity index is 586. The molecule has 8 nitrogen and oxygen atoms in total.